The number of nitrogens with two attached hydrogens (primary N) is 1. The van der Waals surface area contributed by atoms with Crippen molar-refractivity contribution >= 4 is 34.0 Å². The molecule has 0 spiro atoms. The zero-order chi connectivity index (χ0) is 12.4. The number of nitrogens with one attached hydrogen (secondary N) is 1. The zero-order valence-corrected chi connectivity index (χ0v) is 14.9. The summed E-state index contributed by atoms with van der Waals surface area (Å²) >= 11 is 0. The van der Waals surface area contributed by atoms with Crippen molar-refractivity contribution in [1.29, 1.82) is 0 Å². The molecule has 6 heteroatoms. The SMILES string of the molecule is Br.Br.Cc1c[nH]c(CN2CCC(N)CC2)c(C)c1=O. The first-order chi connectivity index (χ1) is 8.08. The third kappa shape index (κ3) is 4.70. The summed E-state index contributed by atoms with van der Waals surface area (Å²) in [5.74, 6) is 0. The summed E-state index contributed by atoms with van der Waals surface area (Å²) < 4.78 is 0. The molecule has 1 aliphatic heterocycles. The van der Waals surface area contributed by atoms with Crippen LogP contribution >= 0.6 is 34.0 Å². The monoisotopic (exact) mass is 395 g/mol. The van der Waals surface area contributed by atoms with Gasteiger partial charge in [0.1, 0.15) is 0 Å². The van der Waals surface area contributed by atoms with E-state index in [0.717, 1.165) is 49.3 Å². The first kappa shape index (κ1) is 18.8. The van der Waals surface area contributed by atoms with Crippen LogP contribution in [0.3, 0.4) is 0 Å². The van der Waals surface area contributed by atoms with Crippen LogP contribution in [0.25, 0.3) is 0 Å². The maximum absolute atomic E-state index is 11.8. The standard InChI is InChI=1S/C13H21N3O.2BrH/c1-9-7-15-12(10(2)13(9)17)8-16-5-3-11(14)4-6-16;;/h7,11H,3-6,8,14H2,1-2H3,(H,15,17);2*1H. The molecule has 0 unspecified atom stereocenters. The summed E-state index contributed by atoms with van der Waals surface area (Å²) in [5, 5.41) is 0. The summed E-state index contributed by atoms with van der Waals surface area (Å²) in [4.78, 5) is 17.4. The van der Waals surface area contributed by atoms with Crippen LogP contribution in [0.2, 0.25) is 0 Å². The molecule has 4 nitrogen and oxygen atoms in total. The van der Waals surface area contributed by atoms with Gasteiger partial charge in [-0.1, -0.05) is 0 Å². The second kappa shape index (κ2) is 8.19. The fourth-order valence-corrected chi connectivity index (χ4v) is 2.30. The molecule has 0 saturated carbocycles. The van der Waals surface area contributed by atoms with E-state index in [1.807, 2.05) is 13.8 Å². The molecule has 3 N–H and O–H groups in total. The smallest absolute Gasteiger partial charge is 0.187 e. The number of pyridine rings is 1. The number of likely N-dealkylation sites (tertiary alicyclic amines) is 1. The van der Waals surface area contributed by atoms with Crippen molar-refractivity contribution in [3.8, 4) is 0 Å². The van der Waals surface area contributed by atoms with E-state index in [-0.39, 0.29) is 39.4 Å². The van der Waals surface area contributed by atoms with Crippen LogP contribution in [0.5, 0.6) is 0 Å². The van der Waals surface area contributed by atoms with Crippen molar-refractivity contribution in [2.75, 3.05) is 13.1 Å². The molecule has 0 radical (unpaired) electrons. The lowest BCUT2D eigenvalue weighted by Crippen LogP contribution is -2.39. The van der Waals surface area contributed by atoms with Gasteiger partial charge in [0, 0.05) is 48.7 Å². The largest absolute Gasteiger partial charge is 0.363 e. The Labute approximate surface area is 135 Å². The molecule has 0 aromatic carbocycles. The van der Waals surface area contributed by atoms with Gasteiger partial charge in [0.2, 0.25) is 0 Å². The molecule has 1 aromatic heterocycles. The summed E-state index contributed by atoms with van der Waals surface area (Å²) in [6.07, 6.45) is 3.91. The zero-order valence-electron chi connectivity index (χ0n) is 11.4. The number of rotatable bonds is 2. The van der Waals surface area contributed by atoms with Crippen LogP contribution in [-0.4, -0.2) is 29.0 Å². The Hall–Kier alpha value is -0.170. The van der Waals surface area contributed by atoms with E-state index in [9.17, 15) is 4.79 Å². The topological polar surface area (TPSA) is 62.1 Å². The van der Waals surface area contributed by atoms with E-state index in [1.54, 1.807) is 6.20 Å². The molecule has 2 heterocycles. The number of aromatic amines is 1. The van der Waals surface area contributed by atoms with Gasteiger partial charge in [-0.15, -0.1) is 34.0 Å². The van der Waals surface area contributed by atoms with Gasteiger partial charge >= 0.3 is 0 Å². The molecular weight excluding hydrogens is 374 g/mol. The molecule has 0 bridgehead atoms. The molecule has 1 aromatic rings. The van der Waals surface area contributed by atoms with Gasteiger partial charge in [-0.3, -0.25) is 9.69 Å². The van der Waals surface area contributed by atoms with E-state index in [0.29, 0.717) is 6.04 Å². The van der Waals surface area contributed by atoms with Gasteiger partial charge in [0.05, 0.1) is 0 Å². The lowest BCUT2D eigenvalue weighted by Gasteiger charge is -2.30. The second-order valence-corrected chi connectivity index (χ2v) is 5.02. The van der Waals surface area contributed by atoms with Crippen LogP contribution in [0.4, 0.5) is 0 Å². The van der Waals surface area contributed by atoms with Gasteiger partial charge in [0.25, 0.3) is 0 Å². The molecule has 0 aliphatic carbocycles. The summed E-state index contributed by atoms with van der Waals surface area (Å²) in [7, 11) is 0. The third-order valence-corrected chi connectivity index (χ3v) is 3.63. The van der Waals surface area contributed by atoms with Crippen molar-refractivity contribution in [2.24, 2.45) is 5.73 Å². The molecule has 2 rings (SSSR count). The fourth-order valence-electron chi connectivity index (χ4n) is 2.30. The molecule has 1 fully saturated rings. The Morgan fingerprint density at radius 3 is 2.47 bits per heavy atom. The second-order valence-electron chi connectivity index (χ2n) is 5.02. The minimum atomic E-state index is 0. The Balaban J connectivity index is 0.00000162. The molecule has 19 heavy (non-hydrogen) atoms. The normalized spacial score (nSPS) is 16.6. The van der Waals surface area contributed by atoms with Crippen LogP contribution in [-0.2, 0) is 6.54 Å². The number of aromatic nitrogens is 1. The minimum absolute atomic E-state index is 0. The Bertz CT molecular complexity index is 454. The Morgan fingerprint density at radius 2 is 1.89 bits per heavy atom. The van der Waals surface area contributed by atoms with Crippen molar-refractivity contribution in [1.82, 2.24) is 9.88 Å². The summed E-state index contributed by atoms with van der Waals surface area (Å²) in [6.45, 7) is 6.62. The van der Waals surface area contributed by atoms with Gasteiger partial charge in [-0.05, 0) is 26.7 Å². The van der Waals surface area contributed by atoms with Gasteiger partial charge in [-0.2, -0.15) is 0 Å². The van der Waals surface area contributed by atoms with Crippen LogP contribution in [0, 0.1) is 13.8 Å². The average Bonchev–Trinajstić information content (AvgIpc) is 2.33. The lowest BCUT2D eigenvalue weighted by atomic mass is 10.1. The highest BCUT2D eigenvalue weighted by Crippen LogP contribution is 2.12. The number of halogens is 2. The Kier molecular flexibility index (Phi) is 8.12. The quantitative estimate of drug-likeness (QED) is 0.804. The van der Waals surface area contributed by atoms with Crippen LogP contribution < -0.4 is 11.2 Å². The summed E-state index contributed by atoms with van der Waals surface area (Å²) in [6, 6.07) is 0.351. The molecule has 0 atom stereocenters. The highest BCUT2D eigenvalue weighted by atomic mass is 79.9. The molecule has 1 aliphatic rings. The van der Waals surface area contributed by atoms with Crippen LogP contribution in [0.1, 0.15) is 29.7 Å². The predicted molar refractivity (Wildman–Crippen MR) is 89.7 cm³/mol. The molecule has 1 saturated heterocycles. The van der Waals surface area contributed by atoms with E-state index >= 15 is 0 Å². The van der Waals surface area contributed by atoms with Crippen LogP contribution in [0.15, 0.2) is 11.0 Å². The number of aryl methyl sites for hydroxylation is 1. The van der Waals surface area contributed by atoms with Crippen molar-refractivity contribution in [2.45, 2.75) is 39.3 Å². The number of hydrogen-bond donors (Lipinski definition) is 2. The number of nitrogens with zero attached hydrogens (tertiary/aromatic N) is 1. The predicted octanol–water partition coefficient (Wildman–Crippen LogP) is 2.07. The molecule has 0 amide bonds. The van der Waals surface area contributed by atoms with Crippen molar-refractivity contribution < 1.29 is 0 Å². The first-order valence-corrected chi connectivity index (χ1v) is 6.23. The minimum Gasteiger partial charge on any atom is -0.363 e. The van der Waals surface area contributed by atoms with Gasteiger partial charge < -0.3 is 10.7 Å². The van der Waals surface area contributed by atoms with Crippen molar-refractivity contribution in [3.63, 3.8) is 0 Å². The lowest BCUT2D eigenvalue weighted by molar-refractivity contribution is 0.203. The number of hydrogen-bond acceptors (Lipinski definition) is 3. The maximum atomic E-state index is 11.8. The highest BCUT2D eigenvalue weighted by molar-refractivity contribution is 8.93. The number of piperidine rings is 1. The average molecular weight is 397 g/mol. The van der Waals surface area contributed by atoms with Crippen molar-refractivity contribution in [3.05, 3.63) is 33.2 Å². The fraction of sp³-hybridized carbons (Fsp3) is 0.615. The number of H-pyrrole nitrogens is 1. The van der Waals surface area contributed by atoms with Gasteiger partial charge in [0.15, 0.2) is 5.43 Å². The van der Waals surface area contributed by atoms with Gasteiger partial charge in [-0.25, -0.2) is 0 Å². The maximum Gasteiger partial charge on any atom is 0.187 e. The molecular formula is C13H23Br2N3O. The first-order valence-electron chi connectivity index (χ1n) is 6.23. The van der Waals surface area contributed by atoms with E-state index in [1.165, 1.54) is 0 Å². The van der Waals surface area contributed by atoms with E-state index in [2.05, 4.69) is 9.88 Å². The Morgan fingerprint density at radius 1 is 1.32 bits per heavy atom. The van der Waals surface area contributed by atoms with E-state index in [4.69, 9.17) is 5.73 Å². The third-order valence-electron chi connectivity index (χ3n) is 3.63. The van der Waals surface area contributed by atoms with E-state index < -0.39 is 0 Å². The highest BCUT2D eigenvalue weighted by Gasteiger charge is 2.17. The summed E-state index contributed by atoms with van der Waals surface area (Å²) in [5.41, 5.74) is 8.71. The molecule has 110 valence electrons.